The lowest BCUT2D eigenvalue weighted by Gasteiger charge is -2.37. The summed E-state index contributed by atoms with van der Waals surface area (Å²) in [4.78, 5) is 25.1. The molecule has 0 aromatic heterocycles. The van der Waals surface area contributed by atoms with Crippen LogP contribution in [0.3, 0.4) is 0 Å². The average molecular weight is 253 g/mol. The minimum Gasteiger partial charge on any atom is -0.480 e. The molecular weight excluding hydrogens is 230 g/mol. The lowest BCUT2D eigenvalue weighted by molar-refractivity contribution is -0.154. The Balaban J connectivity index is 2.75. The molecule has 1 aliphatic rings. The number of allylic oxidation sites excluding steroid dienone is 1. The fourth-order valence-electron chi connectivity index (χ4n) is 2.53. The van der Waals surface area contributed by atoms with Crippen LogP contribution in [-0.4, -0.2) is 34.5 Å². The van der Waals surface area contributed by atoms with Gasteiger partial charge in [0.2, 0.25) is 5.91 Å². The van der Waals surface area contributed by atoms with E-state index < -0.39 is 12.0 Å². The first-order valence-electron chi connectivity index (χ1n) is 6.50. The molecule has 0 aromatic carbocycles. The number of rotatable bonds is 4. The zero-order valence-electron chi connectivity index (χ0n) is 11.5. The Hall–Kier alpha value is -1.32. The van der Waals surface area contributed by atoms with Crippen molar-refractivity contribution in [2.75, 3.05) is 6.54 Å². The smallest absolute Gasteiger partial charge is 0.326 e. The molecule has 1 saturated heterocycles. The Bertz CT molecular complexity index is 351. The second-order valence-electron chi connectivity index (χ2n) is 5.58. The molecule has 1 amide bonds. The second kappa shape index (κ2) is 6.03. The van der Waals surface area contributed by atoms with Crippen molar-refractivity contribution in [2.45, 2.75) is 46.1 Å². The van der Waals surface area contributed by atoms with Crippen LogP contribution in [0.4, 0.5) is 0 Å². The lowest BCUT2D eigenvalue weighted by atomic mass is 9.90. The summed E-state index contributed by atoms with van der Waals surface area (Å²) >= 11 is 0. The Morgan fingerprint density at radius 3 is 2.61 bits per heavy atom. The third-order valence-corrected chi connectivity index (χ3v) is 3.51. The van der Waals surface area contributed by atoms with E-state index in [2.05, 4.69) is 6.58 Å². The highest BCUT2D eigenvalue weighted by atomic mass is 16.4. The van der Waals surface area contributed by atoms with Gasteiger partial charge in [0.15, 0.2) is 0 Å². The van der Waals surface area contributed by atoms with Crippen LogP contribution in [-0.2, 0) is 9.59 Å². The first-order chi connectivity index (χ1) is 8.32. The number of hydrogen-bond acceptors (Lipinski definition) is 2. The van der Waals surface area contributed by atoms with E-state index in [1.54, 1.807) is 0 Å². The van der Waals surface area contributed by atoms with E-state index in [0.29, 0.717) is 25.3 Å². The van der Waals surface area contributed by atoms with Gasteiger partial charge in [-0.05, 0) is 32.1 Å². The summed E-state index contributed by atoms with van der Waals surface area (Å²) in [5.74, 6) is -0.765. The molecule has 1 fully saturated rings. The summed E-state index contributed by atoms with van der Waals surface area (Å²) in [7, 11) is 0. The molecule has 0 aliphatic carbocycles. The summed E-state index contributed by atoms with van der Waals surface area (Å²) in [6.45, 7) is 10.1. The van der Waals surface area contributed by atoms with E-state index in [-0.39, 0.29) is 11.8 Å². The van der Waals surface area contributed by atoms with Gasteiger partial charge in [0.1, 0.15) is 6.04 Å². The van der Waals surface area contributed by atoms with Crippen molar-refractivity contribution in [1.82, 2.24) is 4.90 Å². The van der Waals surface area contributed by atoms with Crippen molar-refractivity contribution >= 4 is 11.9 Å². The topological polar surface area (TPSA) is 57.6 Å². The number of carbonyl (C=O) groups is 2. The van der Waals surface area contributed by atoms with Crippen LogP contribution in [0, 0.1) is 11.8 Å². The van der Waals surface area contributed by atoms with Gasteiger partial charge in [-0.25, -0.2) is 4.79 Å². The molecule has 0 aromatic rings. The Kier molecular flexibility index (Phi) is 4.93. The van der Waals surface area contributed by atoms with E-state index in [9.17, 15) is 14.7 Å². The summed E-state index contributed by atoms with van der Waals surface area (Å²) < 4.78 is 0. The summed E-state index contributed by atoms with van der Waals surface area (Å²) in [5.41, 5.74) is 0.952. The van der Waals surface area contributed by atoms with Gasteiger partial charge in [-0.1, -0.05) is 19.4 Å². The van der Waals surface area contributed by atoms with E-state index in [1.807, 2.05) is 20.8 Å². The molecule has 18 heavy (non-hydrogen) atoms. The van der Waals surface area contributed by atoms with Gasteiger partial charge < -0.3 is 10.0 Å². The standard InChI is InChI=1S/C14H23NO3/c1-9(2)7-11(4)13(16)15-6-5-10(3)8-12(15)14(17)18/h10-12H,1,5-8H2,2-4H3,(H,17,18). The molecule has 1 N–H and O–H groups in total. The van der Waals surface area contributed by atoms with Crippen LogP contribution in [0.2, 0.25) is 0 Å². The van der Waals surface area contributed by atoms with Gasteiger partial charge in [-0.15, -0.1) is 6.58 Å². The maximum Gasteiger partial charge on any atom is 0.326 e. The van der Waals surface area contributed by atoms with Crippen molar-refractivity contribution in [3.8, 4) is 0 Å². The highest BCUT2D eigenvalue weighted by Gasteiger charge is 2.36. The quantitative estimate of drug-likeness (QED) is 0.782. The van der Waals surface area contributed by atoms with Crippen molar-refractivity contribution < 1.29 is 14.7 Å². The number of aliphatic carboxylic acids is 1. The lowest BCUT2D eigenvalue weighted by Crippen LogP contribution is -2.51. The van der Waals surface area contributed by atoms with Crippen molar-refractivity contribution in [3.63, 3.8) is 0 Å². The van der Waals surface area contributed by atoms with E-state index in [0.717, 1.165) is 12.0 Å². The molecule has 1 aliphatic heterocycles. The molecule has 4 heteroatoms. The number of carbonyl (C=O) groups excluding carboxylic acids is 1. The zero-order valence-corrected chi connectivity index (χ0v) is 11.5. The van der Waals surface area contributed by atoms with Crippen LogP contribution < -0.4 is 0 Å². The van der Waals surface area contributed by atoms with Gasteiger partial charge in [0, 0.05) is 12.5 Å². The van der Waals surface area contributed by atoms with Crippen LogP contribution >= 0.6 is 0 Å². The molecule has 1 heterocycles. The van der Waals surface area contributed by atoms with E-state index >= 15 is 0 Å². The average Bonchev–Trinajstić information content (AvgIpc) is 2.26. The highest BCUT2D eigenvalue weighted by molar-refractivity contribution is 5.85. The second-order valence-corrected chi connectivity index (χ2v) is 5.58. The molecular formula is C14H23NO3. The van der Waals surface area contributed by atoms with Crippen LogP contribution in [0.1, 0.15) is 40.0 Å². The van der Waals surface area contributed by atoms with Gasteiger partial charge in [-0.3, -0.25) is 4.79 Å². The molecule has 0 spiro atoms. The predicted molar refractivity (Wildman–Crippen MR) is 70.1 cm³/mol. The van der Waals surface area contributed by atoms with Gasteiger partial charge in [-0.2, -0.15) is 0 Å². The van der Waals surface area contributed by atoms with Crippen molar-refractivity contribution in [1.29, 1.82) is 0 Å². The number of nitrogens with zero attached hydrogens (tertiary/aromatic N) is 1. The van der Waals surface area contributed by atoms with E-state index in [1.165, 1.54) is 4.90 Å². The predicted octanol–water partition coefficient (Wildman–Crippen LogP) is 2.30. The Morgan fingerprint density at radius 1 is 1.50 bits per heavy atom. The largest absolute Gasteiger partial charge is 0.480 e. The van der Waals surface area contributed by atoms with E-state index in [4.69, 9.17) is 0 Å². The van der Waals surface area contributed by atoms with Crippen molar-refractivity contribution in [3.05, 3.63) is 12.2 Å². The minimum atomic E-state index is -0.891. The SMILES string of the molecule is C=C(C)CC(C)C(=O)N1CCC(C)CC1C(=O)O. The first kappa shape index (κ1) is 14.7. The zero-order chi connectivity index (χ0) is 13.9. The summed E-state index contributed by atoms with van der Waals surface area (Å²) in [6, 6.07) is -0.658. The minimum absolute atomic E-state index is 0.0581. The summed E-state index contributed by atoms with van der Waals surface area (Å²) in [5, 5.41) is 9.23. The third-order valence-electron chi connectivity index (χ3n) is 3.51. The number of amides is 1. The van der Waals surface area contributed by atoms with Gasteiger partial charge in [0.05, 0.1) is 0 Å². The molecule has 1 rings (SSSR count). The normalized spacial score (nSPS) is 25.6. The number of hydrogen-bond donors (Lipinski definition) is 1. The number of likely N-dealkylation sites (tertiary alicyclic amines) is 1. The fourth-order valence-corrected chi connectivity index (χ4v) is 2.53. The monoisotopic (exact) mass is 253 g/mol. The molecule has 0 radical (unpaired) electrons. The maximum atomic E-state index is 12.3. The van der Waals surface area contributed by atoms with Crippen LogP contribution in [0.15, 0.2) is 12.2 Å². The van der Waals surface area contributed by atoms with Gasteiger partial charge >= 0.3 is 5.97 Å². The molecule has 0 saturated carbocycles. The Labute approximate surface area is 109 Å². The van der Waals surface area contributed by atoms with Gasteiger partial charge in [0.25, 0.3) is 0 Å². The number of carboxylic acids is 1. The fraction of sp³-hybridized carbons (Fsp3) is 0.714. The Morgan fingerprint density at radius 2 is 2.11 bits per heavy atom. The van der Waals surface area contributed by atoms with Crippen LogP contribution in [0.5, 0.6) is 0 Å². The molecule has 0 bridgehead atoms. The number of piperidine rings is 1. The highest BCUT2D eigenvalue weighted by Crippen LogP contribution is 2.25. The molecule has 102 valence electrons. The molecule has 4 nitrogen and oxygen atoms in total. The first-order valence-corrected chi connectivity index (χ1v) is 6.50. The third kappa shape index (κ3) is 3.59. The number of carboxylic acid groups (broad SMARTS) is 1. The maximum absolute atomic E-state index is 12.3. The molecule has 3 unspecified atom stereocenters. The molecule has 3 atom stereocenters. The van der Waals surface area contributed by atoms with Crippen LogP contribution in [0.25, 0.3) is 0 Å². The summed E-state index contributed by atoms with van der Waals surface area (Å²) in [6.07, 6.45) is 2.06. The van der Waals surface area contributed by atoms with Crippen molar-refractivity contribution in [2.24, 2.45) is 11.8 Å².